The molecule has 0 amide bonds. The molecule has 4 aromatic rings. The maximum Gasteiger partial charge on any atom is 0.170 e. The molecular formula is C24H21N5OS. The Kier molecular flexibility index (Phi) is 5.09. The van der Waals surface area contributed by atoms with Crippen LogP contribution in [-0.4, -0.2) is 29.7 Å². The number of nitrogens with zero attached hydrogens (tertiary/aromatic N) is 4. The molecule has 1 aromatic carbocycles. The van der Waals surface area contributed by atoms with E-state index in [0.29, 0.717) is 11.7 Å². The summed E-state index contributed by atoms with van der Waals surface area (Å²) in [5.74, 6) is 0.241. The van der Waals surface area contributed by atoms with Crippen LogP contribution in [0, 0.1) is 0 Å². The van der Waals surface area contributed by atoms with Gasteiger partial charge < -0.3 is 19.9 Å². The molecule has 3 aromatic heterocycles. The van der Waals surface area contributed by atoms with Crippen LogP contribution in [0.5, 0.6) is 5.75 Å². The largest absolute Gasteiger partial charge is 0.508 e. The molecule has 1 aliphatic heterocycles. The zero-order valence-electron chi connectivity index (χ0n) is 16.7. The highest BCUT2D eigenvalue weighted by atomic mass is 32.1. The second-order valence-electron chi connectivity index (χ2n) is 7.44. The SMILES string of the molecule is Oc1ccc(-n2cccc2[C@H]2[C@@H](c3ccccn3)NC(=S)N2Cc2cccnc2)cc1. The minimum Gasteiger partial charge on any atom is -0.508 e. The topological polar surface area (TPSA) is 66.2 Å². The van der Waals surface area contributed by atoms with E-state index < -0.39 is 0 Å². The summed E-state index contributed by atoms with van der Waals surface area (Å²) in [6.07, 6.45) is 7.47. The molecule has 1 aliphatic rings. The standard InChI is InChI=1S/C24H21N5OS/c30-19-10-8-18(9-11-19)28-14-4-7-21(28)23-22(20-6-1-2-13-26-20)27-24(31)29(23)16-17-5-3-12-25-15-17/h1-15,22-23,30H,16H2,(H,27,31)/t22-,23+/m1/s1. The highest BCUT2D eigenvalue weighted by Crippen LogP contribution is 2.40. The second kappa shape index (κ2) is 8.20. The lowest BCUT2D eigenvalue weighted by atomic mass is 10.0. The van der Waals surface area contributed by atoms with Crippen molar-refractivity contribution in [2.24, 2.45) is 0 Å². The molecule has 0 aliphatic carbocycles. The maximum absolute atomic E-state index is 9.71. The molecule has 6 nitrogen and oxygen atoms in total. The zero-order chi connectivity index (χ0) is 21.2. The Balaban J connectivity index is 1.60. The van der Waals surface area contributed by atoms with E-state index in [1.807, 2.05) is 54.9 Å². The number of aromatic hydroxyl groups is 1. The van der Waals surface area contributed by atoms with Crippen LogP contribution in [0.2, 0.25) is 0 Å². The van der Waals surface area contributed by atoms with Gasteiger partial charge in [0.25, 0.3) is 0 Å². The molecule has 1 fully saturated rings. The van der Waals surface area contributed by atoms with Gasteiger partial charge in [0.1, 0.15) is 5.75 Å². The fraction of sp³-hybridized carbons (Fsp3) is 0.125. The molecule has 0 radical (unpaired) electrons. The highest BCUT2D eigenvalue weighted by Gasteiger charge is 2.41. The van der Waals surface area contributed by atoms with Crippen molar-refractivity contribution in [3.63, 3.8) is 0 Å². The molecule has 31 heavy (non-hydrogen) atoms. The van der Waals surface area contributed by atoms with E-state index in [-0.39, 0.29) is 17.8 Å². The minimum atomic E-state index is -0.101. The van der Waals surface area contributed by atoms with Crippen LogP contribution in [0.25, 0.3) is 5.69 Å². The molecule has 4 heterocycles. The summed E-state index contributed by atoms with van der Waals surface area (Å²) >= 11 is 5.77. The van der Waals surface area contributed by atoms with Crippen LogP contribution in [0.4, 0.5) is 0 Å². The van der Waals surface area contributed by atoms with Crippen molar-refractivity contribution in [1.82, 2.24) is 24.8 Å². The van der Waals surface area contributed by atoms with Crippen LogP contribution in [-0.2, 0) is 6.54 Å². The van der Waals surface area contributed by atoms with Gasteiger partial charge in [0, 0.05) is 42.7 Å². The number of thiocarbonyl (C=S) groups is 1. The van der Waals surface area contributed by atoms with Crippen molar-refractivity contribution in [3.8, 4) is 11.4 Å². The van der Waals surface area contributed by atoms with Gasteiger partial charge in [-0.05, 0) is 72.4 Å². The molecule has 5 rings (SSSR count). The molecule has 0 bridgehead atoms. The van der Waals surface area contributed by atoms with Crippen LogP contribution in [0.1, 0.15) is 29.0 Å². The number of pyridine rings is 2. The summed E-state index contributed by atoms with van der Waals surface area (Å²) in [5.41, 5.74) is 4.07. The third-order valence-electron chi connectivity index (χ3n) is 5.48. The van der Waals surface area contributed by atoms with Gasteiger partial charge in [0.2, 0.25) is 0 Å². The number of hydrogen-bond acceptors (Lipinski definition) is 4. The molecule has 0 unspecified atom stereocenters. The van der Waals surface area contributed by atoms with Gasteiger partial charge in [-0.25, -0.2) is 0 Å². The number of hydrogen-bond donors (Lipinski definition) is 2. The van der Waals surface area contributed by atoms with E-state index in [4.69, 9.17) is 12.2 Å². The first-order valence-electron chi connectivity index (χ1n) is 10.0. The quantitative estimate of drug-likeness (QED) is 0.467. The average Bonchev–Trinajstić information content (AvgIpc) is 3.40. The highest BCUT2D eigenvalue weighted by molar-refractivity contribution is 7.80. The molecule has 0 spiro atoms. The van der Waals surface area contributed by atoms with Crippen molar-refractivity contribution in [3.05, 3.63) is 108 Å². The van der Waals surface area contributed by atoms with Crippen LogP contribution < -0.4 is 5.32 Å². The van der Waals surface area contributed by atoms with Gasteiger partial charge in [-0.15, -0.1) is 0 Å². The Bertz CT molecular complexity index is 1180. The zero-order valence-corrected chi connectivity index (χ0v) is 17.5. The Morgan fingerprint density at radius 3 is 2.58 bits per heavy atom. The first-order chi connectivity index (χ1) is 15.2. The van der Waals surface area contributed by atoms with E-state index in [0.717, 1.165) is 22.6 Å². The van der Waals surface area contributed by atoms with E-state index >= 15 is 0 Å². The Morgan fingerprint density at radius 1 is 0.968 bits per heavy atom. The van der Waals surface area contributed by atoms with Gasteiger partial charge >= 0.3 is 0 Å². The van der Waals surface area contributed by atoms with Crippen molar-refractivity contribution in [1.29, 1.82) is 0 Å². The van der Waals surface area contributed by atoms with Crippen LogP contribution in [0.3, 0.4) is 0 Å². The summed E-state index contributed by atoms with van der Waals surface area (Å²) in [6, 6.07) is 21.1. The number of benzene rings is 1. The van der Waals surface area contributed by atoms with Gasteiger partial charge in [-0.2, -0.15) is 0 Å². The predicted octanol–water partition coefficient (Wildman–Crippen LogP) is 4.15. The molecule has 154 valence electrons. The summed E-state index contributed by atoms with van der Waals surface area (Å²) in [5, 5.41) is 13.9. The molecule has 1 saturated heterocycles. The number of aromatic nitrogens is 3. The molecule has 7 heteroatoms. The number of rotatable bonds is 5. The third-order valence-corrected chi connectivity index (χ3v) is 5.84. The maximum atomic E-state index is 9.71. The minimum absolute atomic E-state index is 0.0774. The Morgan fingerprint density at radius 2 is 1.84 bits per heavy atom. The lowest BCUT2D eigenvalue weighted by Gasteiger charge is -2.29. The average molecular weight is 428 g/mol. The van der Waals surface area contributed by atoms with E-state index in [2.05, 4.69) is 36.9 Å². The van der Waals surface area contributed by atoms with Gasteiger partial charge in [0.15, 0.2) is 5.11 Å². The lowest BCUT2D eigenvalue weighted by Crippen LogP contribution is -2.30. The number of phenolic OH excluding ortho intramolecular Hbond substituents is 1. The summed E-state index contributed by atoms with van der Waals surface area (Å²) in [4.78, 5) is 11.1. The monoisotopic (exact) mass is 427 g/mol. The van der Waals surface area contributed by atoms with E-state index in [1.54, 1.807) is 24.5 Å². The van der Waals surface area contributed by atoms with Gasteiger partial charge in [0.05, 0.1) is 17.8 Å². The Hall–Kier alpha value is -3.71. The summed E-state index contributed by atoms with van der Waals surface area (Å²) in [7, 11) is 0. The molecule has 2 N–H and O–H groups in total. The number of nitrogens with one attached hydrogen (secondary N) is 1. The van der Waals surface area contributed by atoms with Crippen molar-refractivity contribution in [2.45, 2.75) is 18.6 Å². The molecule has 2 atom stereocenters. The molecular weight excluding hydrogens is 406 g/mol. The Labute approximate surface area is 185 Å². The first-order valence-corrected chi connectivity index (χ1v) is 10.4. The van der Waals surface area contributed by atoms with Gasteiger partial charge in [-0.1, -0.05) is 12.1 Å². The summed E-state index contributed by atoms with van der Waals surface area (Å²) < 4.78 is 2.13. The van der Waals surface area contributed by atoms with Crippen molar-refractivity contribution in [2.75, 3.05) is 0 Å². The fourth-order valence-electron chi connectivity index (χ4n) is 4.07. The first kappa shape index (κ1) is 19.3. The van der Waals surface area contributed by atoms with Crippen LogP contribution in [0.15, 0.2) is 91.5 Å². The van der Waals surface area contributed by atoms with Crippen LogP contribution >= 0.6 is 12.2 Å². The van der Waals surface area contributed by atoms with E-state index in [1.165, 1.54) is 0 Å². The lowest BCUT2D eigenvalue weighted by molar-refractivity contribution is 0.302. The van der Waals surface area contributed by atoms with E-state index in [9.17, 15) is 5.11 Å². The number of phenols is 1. The van der Waals surface area contributed by atoms with Crippen molar-refractivity contribution < 1.29 is 5.11 Å². The second-order valence-corrected chi connectivity index (χ2v) is 7.82. The normalized spacial score (nSPS) is 18.2. The predicted molar refractivity (Wildman–Crippen MR) is 123 cm³/mol. The summed E-state index contributed by atoms with van der Waals surface area (Å²) in [6.45, 7) is 0.633. The molecule has 0 saturated carbocycles. The fourth-order valence-corrected chi connectivity index (χ4v) is 4.37. The van der Waals surface area contributed by atoms with Crippen molar-refractivity contribution >= 4 is 17.3 Å². The van der Waals surface area contributed by atoms with Gasteiger partial charge in [-0.3, -0.25) is 9.97 Å². The third kappa shape index (κ3) is 3.75. The smallest absolute Gasteiger partial charge is 0.170 e.